The van der Waals surface area contributed by atoms with Gasteiger partial charge in [0, 0.05) is 6.04 Å². The zero-order chi connectivity index (χ0) is 12.3. The van der Waals surface area contributed by atoms with Crippen molar-refractivity contribution in [2.24, 2.45) is 22.6 Å². The summed E-state index contributed by atoms with van der Waals surface area (Å²) in [6.07, 6.45) is 9.07. The molecule has 0 aromatic heterocycles. The first-order valence-corrected chi connectivity index (χ1v) is 7.26. The zero-order valence-corrected chi connectivity index (χ0v) is 11.3. The van der Waals surface area contributed by atoms with Gasteiger partial charge in [-0.3, -0.25) is 0 Å². The number of nitrogens with one attached hydrogen (secondary N) is 1. The lowest BCUT2D eigenvalue weighted by molar-refractivity contribution is 0.405. The minimum atomic E-state index is 0.445. The van der Waals surface area contributed by atoms with Crippen LogP contribution in [0.5, 0.6) is 0 Å². The number of guanidine groups is 1. The molecule has 17 heavy (non-hydrogen) atoms. The van der Waals surface area contributed by atoms with Crippen molar-refractivity contribution < 1.29 is 0 Å². The van der Waals surface area contributed by atoms with E-state index in [0.29, 0.717) is 24.0 Å². The molecule has 2 fully saturated rings. The second kappa shape index (κ2) is 5.74. The minimum Gasteiger partial charge on any atom is -0.370 e. The van der Waals surface area contributed by atoms with Gasteiger partial charge < -0.3 is 11.1 Å². The molecule has 3 atom stereocenters. The van der Waals surface area contributed by atoms with E-state index >= 15 is 0 Å². The van der Waals surface area contributed by atoms with Crippen LogP contribution in [0.2, 0.25) is 0 Å². The van der Waals surface area contributed by atoms with Gasteiger partial charge in [0.2, 0.25) is 0 Å². The first kappa shape index (κ1) is 12.7. The number of nitrogens with two attached hydrogens (primary N) is 1. The van der Waals surface area contributed by atoms with Gasteiger partial charge in [0.05, 0.1) is 6.04 Å². The molecule has 0 saturated heterocycles. The van der Waals surface area contributed by atoms with Crippen molar-refractivity contribution in [3.63, 3.8) is 0 Å². The van der Waals surface area contributed by atoms with Gasteiger partial charge in [-0.1, -0.05) is 33.1 Å². The highest BCUT2D eigenvalue weighted by Gasteiger charge is 2.29. The zero-order valence-electron chi connectivity index (χ0n) is 11.3. The third kappa shape index (κ3) is 3.36. The van der Waals surface area contributed by atoms with E-state index in [2.05, 4.69) is 24.2 Å². The van der Waals surface area contributed by atoms with Gasteiger partial charge in [-0.2, -0.15) is 0 Å². The quantitative estimate of drug-likeness (QED) is 0.573. The van der Waals surface area contributed by atoms with Crippen molar-refractivity contribution in [1.82, 2.24) is 5.32 Å². The van der Waals surface area contributed by atoms with Gasteiger partial charge in [-0.05, 0) is 37.5 Å². The van der Waals surface area contributed by atoms with E-state index in [1.165, 1.54) is 44.9 Å². The fourth-order valence-corrected chi connectivity index (χ4v) is 3.19. The monoisotopic (exact) mass is 237 g/mol. The Labute approximate surface area is 105 Å². The van der Waals surface area contributed by atoms with Crippen LogP contribution in [0.15, 0.2) is 4.99 Å². The van der Waals surface area contributed by atoms with E-state index in [-0.39, 0.29) is 0 Å². The van der Waals surface area contributed by atoms with Gasteiger partial charge in [0.25, 0.3) is 0 Å². The van der Waals surface area contributed by atoms with E-state index in [1.54, 1.807) is 0 Å². The minimum absolute atomic E-state index is 0.445. The molecule has 98 valence electrons. The number of nitrogens with zero attached hydrogens (tertiary/aromatic N) is 1. The molecule has 2 rings (SSSR count). The van der Waals surface area contributed by atoms with Crippen molar-refractivity contribution in [1.29, 1.82) is 0 Å². The molecule has 0 heterocycles. The van der Waals surface area contributed by atoms with Crippen molar-refractivity contribution >= 4 is 5.96 Å². The molecule has 0 radical (unpaired) electrons. The summed E-state index contributed by atoms with van der Waals surface area (Å²) in [5, 5.41) is 3.41. The molecule has 0 spiro atoms. The third-order valence-corrected chi connectivity index (χ3v) is 4.68. The maximum Gasteiger partial charge on any atom is 0.189 e. The molecule has 3 heteroatoms. The van der Waals surface area contributed by atoms with Crippen molar-refractivity contribution in [2.45, 2.75) is 70.9 Å². The topological polar surface area (TPSA) is 50.4 Å². The van der Waals surface area contributed by atoms with Crippen LogP contribution in [0.25, 0.3) is 0 Å². The molecule has 2 saturated carbocycles. The summed E-state index contributed by atoms with van der Waals surface area (Å²) < 4.78 is 0. The number of aliphatic imine (C=N–C) groups is 1. The fourth-order valence-electron chi connectivity index (χ4n) is 3.19. The molecule has 0 aliphatic heterocycles. The summed E-state index contributed by atoms with van der Waals surface area (Å²) in [6.45, 7) is 4.63. The van der Waals surface area contributed by atoms with E-state index in [1.807, 2.05) is 0 Å². The second-order valence-electron chi connectivity index (χ2n) is 5.97. The van der Waals surface area contributed by atoms with Crippen molar-refractivity contribution in [2.75, 3.05) is 0 Å². The molecule has 3 N–H and O–H groups in total. The molecular weight excluding hydrogens is 210 g/mol. The Morgan fingerprint density at radius 2 is 1.76 bits per heavy atom. The maximum absolute atomic E-state index is 6.03. The molecule has 0 aromatic carbocycles. The molecule has 0 amide bonds. The van der Waals surface area contributed by atoms with Crippen LogP contribution in [0.3, 0.4) is 0 Å². The maximum atomic E-state index is 6.03. The molecule has 2 aliphatic rings. The molecule has 3 unspecified atom stereocenters. The van der Waals surface area contributed by atoms with Crippen LogP contribution in [0.4, 0.5) is 0 Å². The SMILES string of the molecule is CC1CCC(N=C(N)NC2CCCCC2)C1C. The summed E-state index contributed by atoms with van der Waals surface area (Å²) in [7, 11) is 0. The van der Waals surface area contributed by atoms with E-state index < -0.39 is 0 Å². The summed E-state index contributed by atoms with van der Waals surface area (Å²) in [6, 6.07) is 1.02. The van der Waals surface area contributed by atoms with Crippen molar-refractivity contribution in [3.8, 4) is 0 Å². The molecule has 0 aromatic rings. The second-order valence-corrected chi connectivity index (χ2v) is 5.97. The van der Waals surface area contributed by atoms with Crippen LogP contribution >= 0.6 is 0 Å². The summed E-state index contributed by atoms with van der Waals surface area (Å²) >= 11 is 0. The first-order chi connectivity index (χ1) is 8.16. The van der Waals surface area contributed by atoms with E-state index in [4.69, 9.17) is 5.73 Å². The van der Waals surface area contributed by atoms with Crippen molar-refractivity contribution in [3.05, 3.63) is 0 Å². The molecular formula is C14H27N3. The average molecular weight is 237 g/mol. The van der Waals surface area contributed by atoms with Gasteiger partial charge in [0.1, 0.15) is 0 Å². The Bertz CT molecular complexity index is 269. The van der Waals surface area contributed by atoms with Crippen LogP contribution in [-0.4, -0.2) is 18.0 Å². The predicted octanol–water partition coefficient (Wildman–Crippen LogP) is 2.66. The summed E-state index contributed by atoms with van der Waals surface area (Å²) in [4.78, 5) is 4.68. The molecule has 0 bridgehead atoms. The van der Waals surface area contributed by atoms with Crippen LogP contribution < -0.4 is 11.1 Å². The normalized spacial score (nSPS) is 36.1. The van der Waals surface area contributed by atoms with Gasteiger partial charge >= 0.3 is 0 Å². The molecule has 3 nitrogen and oxygen atoms in total. The van der Waals surface area contributed by atoms with Crippen LogP contribution in [0, 0.1) is 11.8 Å². The van der Waals surface area contributed by atoms with Crippen LogP contribution in [-0.2, 0) is 0 Å². The highest BCUT2D eigenvalue weighted by Crippen LogP contribution is 2.33. The number of rotatable bonds is 2. The van der Waals surface area contributed by atoms with Gasteiger partial charge in [0.15, 0.2) is 5.96 Å². The highest BCUT2D eigenvalue weighted by molar-refractivity contribution is 5.78. The predicted molar refractivity (Wildman–Crippen MR) is 73.0 cm³/mol. The highest BCUT2D eigenvalue weighted by atomic mass is 15.1. The van der Waals surface area contributed by atoms with Gasteiger partial charge in [-0.25, -0.2) is 4.99 Å². The Kier molecular flexibility index (Phi) is 4.30. The lowest BCUT2D eigenvalue weighted by Gasteiger charge is -2.24. The standard InChI is InChI=1S/C14H27N3/c1-10-8-9-13(11(10)2)17-14(15)16-12-6-4-3-5-7-12/h10-13H,3-9H2,1-2H3,(H3,15,16,17). The molecule has 2 aliphatic carbocycles. The number of hydrogen-bond donors (Lipinski definition) is 2. The fraction of sp³-hybridized carbons (Fsp3) is 0.929. The first-order valence-electron chi connectivity index (χ1n) is 7.26. The van der Waals surface area contributed by atoms with E-state index in [9.17, 15) is 0 Å². The summed E-state index contributed by atoms with van der Waals surface area (Å²) in [5.41, 5.74) is 6.03. The third-order valence-electron chi connectivity index (χ3n) is 4.68. The Balaban J connectivity index is 1.84. The van der Waals surface area contributed by atoms with E-state index in [0.717, 1.165) is 5.92 Å². The number of hydrogen-bond acceptors (Lipinski definition) is 1. The lowest BCUT2D eigenvalue weighted by Crippen LogP contribution is -2.42. The lowest BCUT2D eigenvalue weighted by atomic mass is 9.96. The average Bonchev–Trinajstić information content (AvgIpc) is 2.62. The largest absolute Gasteiger partial charge is 0.370 e. The van der Waals surface area contributed by atoms with Gasteiger partial charge in [-0.15, -0.1) is 0 Å². The van der Waals surface area contributed by atoms with Crippen LogP contribution in [0.1, 0.15) is 58.8 Å². The smallest absolute Gasteiger partial charge is 0.189 e. The Morgan fingerprint density at radius 1 is 1.06 bits per heavy atom. The summed E-state index contributed by atoms with van der Waals surface area (Å²) in [5.74, 6) is 2.16. The Hall–Kier alpha value is -0.730. The Morgan fingerprint density at radius 3 is 2.35 bits per heavy atom.